The summed E-state index contributed by atoms with van der Waals surface area (Å²) in [4.78, 5) is 6.36. The van der Waals surface area contributed by atoms with Crippen LogP contribution in [0.1, 0.15) is 18.4 Å². The third-order valence-corrected chi connectivity index (χ3v) is 3.24. The van der Waals surface area contributed by atoms with E-state index in [0.29, 0.717) is 0 Å². The minimum absolute atomic E-state index is 0.767. The molecule has 1 fully saturated rings. The molecule has 2 rings (SSSR count). The highest BCUT2D eigenvalue weighted by Crippen LogP contribution is 2.18. The second-order valence-electron chi connectivity index (χ2n) is 5.25. The van der Waals surface area contributed by atoms with Crippen LogP contribution in [0, 0.1) is 0 Å². The predicted octanol–water partition coefficient (Wildman–Crippen LogP) is 1.86. The van der Waals surface area contributed by atoms with Gasteiger partial charge in [0, 0.05) is 38.1 Å². The summed E-state index contributed by atoms with van der Waals surface area (Å²) in [5.74, 6) is 0. The first-order valence-corrected chi connectivity index (χ1v) is 6.71. The SMILES string of the molecule is C=C(CNC1CC1)CN(C)CCc1ccncc1. The van der Waals surface area contributed by atoms with E-state index in [2.05, 4.69) is 41.0 Å². The van der Waals surface area contributed by atoms with Crippen LogP contribution in [-0.2, 0) is 6.42 Å². The van der Waals surface area contributed by atoms with Crippen molar-refractivity contribution in [3.05, 3.63) is 42.2 Å². The Balaban J connectivity index is 1.61. The van der Waals surface area contributed by atoms with Crippen molar-refractivity contribution < 1.29 is 0 Å². The third kappa shape index (κ3) is 4.98. The molecular weight excluding hydrogens is 222 g/mol. The molecule has 1 aromatic rings. The van der Waals surface area contributed by atoms with Gasteiger partial charge in [0.2, 0.25) is 0 Å². The van der Waals surface area contributed by atoms with Crippen molar-refractivity contribution in [2.45, 2.75) is 25.3 Å². The van der Waals surface area contributed by atoms with Gasteiger partial charge in [-0.1, -0.05) is 6.58 Å². The molecule has 3 nitrogen and oxygen atoms in total. The minimum atomic E-state index is 0.767. The molecule has 0 bridgehead atoms. The van der Waals surface area contributed by atoms with E-state index in [9.17, 15) is 0 Å². The van der Waals surface area contributed by atoms with Gasteiger partial charge in [0.05, 0.1) is 0 Å². The molecule has 1 saturated carbocycles. The van der Waals surface area contributed by atoms with Gasteiger partial charge in [0.15, 0.2) is 0 Å². The monoisotopic (exact) mass is 245 g/mol. The number of likely N-dealkylation sites (N-methyl/N-ethyl adjacent to an activating group) is 1. The molecule has 98 valence electrons. The van der Waals surface area contributed by atoms with Crippen molar-refractivity contribution in [2.75, 3.05) is 26.7 Å². The van der Waals surface area contributed by atoms with Gasteiger partial charge in [-0.25, -0.2) is 0 Å². The van der Waals surface area contributed by atoms with Crippen LogP contribution in [0.3, 0.4) is 0 Å². The van der Waals surface area contributed by atoms with Crippen LogP contribution in [0.15, 0.2) is 36.7 Å². The second kappa shape index (κ2) is 6.66. The Morgan fingerprint density at radius 3 is 2.83 bits per heavy atom. The van der Waals surface area contributed by atoms with Crippen LogP contribution in [-0.4, -0.2) is 42.6 Å². The minimum Gasteiger partial charge on any atom is -0.310 e. The Kier molecular flexibility index (Phi) is 4.90. The highest BCUT2D eigenvalue weighted by molar-refractivity contribution is 5.10. The number of hydrogen-bond acceptors (Lipinski definition) is 3. The maximum atomic E-state index is 4.14. The third-order valence-electron chi connectivity index (χ3n) is 3.24. The predicted molar refractivity (Wildman–Crippen MR) is 75.6 cm³/mol. The van der Waals surface area contributed by atoms with Crippen molar-refractivity contribution in [1.29, 1.82) is 0 Å². The fourth-order valence-electron chi connectivity index (χ4n) is 1.96. The van der Waals surface area contributed by atoms with Crippen molar-refractivity contribution in [1.82, 2.24) is 15.2 Å². The zero-order valence-corrected chi connectivity index (χ0v) is 11.2. The van der Waals surface area contributed by atoms with Gasteiger partial charge in [0.25, 0.3) is 0 Å². The molecule has 0 unspecified atom stereocenters. The van der Waals surface area contributed by atoms with E-state index < -0.39 is 0 Å². The van der Waals surface area contributed by atoms with E-state index in [1.165, 1.54) is 24.0 Å². The number of hydrogen-bond donors (Lipinski definition) is 1. The summed E-state index contributed by atoms with van der Waals surface area (Å²) in [6, 6.07) is 4.93. The summed E-state index contributed by atoms with van der Waals surface area (Å²) in [5, 5.41) is 3.50. The summed E-state index contributed by atoms with van der Waals surface area (Å²) >= 11 is 0. The fourth-order valence-corrected chi connectivity index (χ4v) is 1.96. The first kappa shape index (κ1) is 13.2. The molecular formula is C15H23N3. The fraction of sp³-hybridized carbons (Fsp3) is 0.533. The Hall–Kier alpha value is -1.19. The normalized spacial score (nSPS) is 15.0. The Bertz CT molecular complexity index is 371. The molecule has 0 aliphatic heterocycles. The van der Waals surface area contributed by atoms with Gasteiger partial charge in [-0.15, -0.1) is 0 Å². The highest BCUT2D eigenvalue weighted by atomic mass is 15.1. The van der Waals surface area contributed by atoms with Crippen molar-refractivity contribution in [3.8, 4) is 0 Å². The van der Waals surface area contributed by atoms with Crippen molar-refractivity contribution in [2.24, 2.45) is 0 Å². The second-order valence-corrected chi connectivity index (χ2v) is 5.25. The number of aromatic nitrogens is 1. The lowest BCUT2D eigenvalue weighted by molar-refractivity contribution is 0.363. The van der Waals surface area contributed by atoms with E-state index in [1.807, 2.05) is 12.4 Å². The number of rotatable bonds is 8. The first-order valence-electron chi connectivity index (χ1n) is 6.71. The summed E-state index contributed by atoms with van der Waals surface area (Å²) in [5.41, 5.74) is 2.62. The van der Waals surface area contributed by atoms with Gasteiger partial charge in [-0.05, 0) is 49.6 Å². The largest absolute Gasteiger partial charge is 0.310 e. The Morgan fingerprint density at radius 2 is 2.17 bits per heavy atom. The molecule has 0 saturated heterocycles. The Morgan fingerprint density at radius 1 is 1.44 bits per heavy atom. The molecule has 0 radical (unpaired) electrons. The van der Waals surface area contributed by atoms with Crippen LogP contribution in [0.5, 0.6) is 0 Å². The van der Waals surface area contributed by atoms with E-state index in [0.717, 1.165) is 32.1 Å². The summed E-state index contributed by atoms with van der Waals surface area (Å²) in [6.07, 6.45) is 7.46. The molecule has 0 aromatic carbocycles. The molecule has 1 aromatic heterocycles. The zero-order valence-electron chi connectivity index (χ0n) is 11.2. The molecule has 1 aliphatic carbocycles. The number of nitrogens with zero attached hydrogens (tertiary/aromatic N) is 2. The maximum absolute atomic E-state index is 4.14. The smallest absolute Gasteiger partial charge is 0.0270 e. The molecule has 0 spiro atoms. The molecule has 1 heterocycles. The standard InChI is InChI=1S/C15H23N3/c1-13(11-17-15-3-4-15)12-18(2)10-7-14-5-8-16-9-6-14/h5-6,8-9,15,17H,1,3-4,7,10-12H2,2H3. The number of nitrogens with one attached hydrogen (secondary N) is 1. The van der Waals surface area contributed by atoms with Crippen LogP contribution in [0.25, 0.3) is 0 Å². The summed E-state index contributed by atoms with van der Waals surface area (Å²) < 4.78 is 0. The molecule has 0 atom stereocenters. The van der Waals surface area contributed by atoms with Gasteiger partial charge in [0.1, 0.15) is 0 Å². The lowest BCUT2D eigenvalue weighted by atomic mass is 10.2. The molecule has 0 amide bonds. The average Bonchev–Trinajstić information content (AvgIpc) is 3.19. The zero-order chi connectivity index (χ0) is 12.8. The van der Waals surface area contributed by atoms with E-state index >= 15 is 0 Å². The lowest BCUT2D eigenvalue weighted by Gasteiger charge is -2.18. The summed E-state index contributed by atoms with van der Waals surface area (Å²) in [6.45, 7) is 7.14. The van der Waals surface area contributed by atoms with E-state index in [-0.39, 0.29) is 0 Å². The van der Waals surface area contributed by atoms with Crippen LogP contribution < -0.4 is 5.32 Å². The maximum Gasteiger partial charge on any atom is 0.0270 e. The van der Waals surface area contributed by atoms with E-state index in [1.54, 1.807) is 0 Å². The molecule has 18 heavy (non-hydrogen) atoms. The van der Waals surface area contributed by atoms with Gasteiger partial charge in [-0.3, -0.25) is 4.98 Å². The van der Waals surface area contributed by atoms with Crippen molar-refractivity contribution >= 4 is 0 Å². The summed E-state index contributed by atoms with van der Waals surface area (Å²) in [7, 11) is 2.16. The first-order chi connectivity index (χ1) is 8.74. The van der Waals surface area contributed by atoms with E-state index in [4.69, 9.17) is 0 Å². The number of pyridine rings is 1. The average molecular weight is 245 g/mol. The Labute approximate surface area is 110 Å². The van der Waals surface area contributed by atoms with Crippen LogP contribution >= 0.6 is 0 Å². The highest BCUT2D eigenvalue weighted by Gasteiger charge is 2.20. The quantitative estimate of drug-likeness (QED) is 0.709. The van der Waals surface area contributed by atoms with Crippen LogP contribution in [0.4, 0.5) is 0 Å². The topological polar surface area (TPSA) is 28.2 Å². The van der Waals surface area contributed by atoms with Gasteiger partial charge in [-0.2, -0.15) is 0 Å². The molecule has 3 heteroatoms. The molecule has 1 aliphatic rings. The lowest BCUT2D eigenvalue weighted by Crippen LogP contribution is -2.28. The van der Waals surface area contributed by atoms with Crippen molar-refractivity contribution in [3.63, 3.8) is 0 Å². The van der Waals surface area contributed by atoms with Gasteiger partial charge >= 0.3 is 0 Å². The van der Waals surface area contributed by atoms with Gasteiger partial charge < -0.3 is 10.2 Å². The molecule has 1 N–H and O–H groups in total. The van der Waals surface area contributed by atoms with Crippen LogP contribution in [0.2, 0.25) is 0 Å².